The second-order valence-corrected chi connectivity index (χ2v) is 11.4. The molecule has 0 radical (unpaired) electrons. The van der Waals surface area contributed by atoms with E-state index in [4.69, 9.17) is 23.2 Å². The molecule has 0 N–H and O–H groups in total. The SMILES string of the molecule is Cc1ccc(S(=O)(=O)c2nc(S(=O)(=O)c3ccc(Cl)cc3)sc2Cl)cc1. The molecule has 136 valence electrons. The average Bonchev–Trinajstić information content (AvgIpc) is 2.99. The van der Waals surface area contributed by atoms with Crippen molar-refractivity contribution >= 4 is 54.2 Å². The third-order valence-electron chi connectivity index (χ3n) is 3.48. The number of thiazole rings is 1. The molecule has 0 bridgehead atoms. The Balaban J connectivity index is 2.09. The lowest BCUT2D eigenvalue weighted by Crippen LogP contribution is -2.05. The van der Waals surface area contributed by atoms with E-state index < -0.39 is 29.0 Å². The first-order valence-corrected chi connectivity index (χ1v) is 11.6. The van der Waals surface area contributed by atoms with Gasteiger partial charge in [0, 0.05) is 5.02 Å². The van der Waals surface area contributed by atoms with E-state index in [-0.39, 0.29) is 14.1 Å². The average molecular weight is 448 g/mol. The van der Waals surface area contributed by atoms with E-state index in [1.807, 2.05) is 6.92 Å². The first-order valence-electron chi connectivity index (χ1n) is 7.11. The van der Waals surface area contributed by atoms with Crippen molar-refractivity contribution in [3.05, 3.63) is 63.5 Å². The molecule has 0 aliphatic heterocycles. The van der Waals surface area contributed by atoms with Crippen LogP contribution < -0.4 is 0 Å². The van der Waals surface area contributed by atoms with E-state index in [1.165, 1.54) is 36.4 Å². The highest BCUT2D eigenvalue weighted by atomic mass is 35.5. The molecule has 0 amide bonds. The van der Waals surface area contributed by atoms with Gasteiger partial charge < -0.3 is 0 Å². The number of sulfone groups is 2. The molecule has 3 rings (SSSR count). The van der Waals surface area contributed by atoms with Gasteiger partial charge in [-0.25, -0.2) is 21.8 Å². The van der Waals surface area contributed by atoms with Crippen LogP contribution >= 0.6 is 34.5 Å². The first kappa shape index (κ1) is 19.3. The van der Waals surface area contributed by atoms with Gasteiger partial charge in [0.05, 0.1) is 9.79 Å². The molecule has 0 saturated carbocycles. The summed E-state index contributed by atoms with van der Waals surface area (Å²) in [5.41, 5.74) is 0.888. The molecule has 0 aliphatic rings. The maximum Gasteiger partial charge on any atom is 0.233 e. The van der Waals surface area contributed by atoms with Crippen molar-refractivity contribution in [3.63, 3.8) is 0 Å². The van der Waals surface area contributed by atoms with Gasteiger partial charge in [-0.3, -0.25) is 0 Å². The van der Waals surface area contributed by atoms with Crippen molar-refractivity contribution in [1.82, 2.24) is 4.98 Å². The van der Waals surface area contributed by atoms with Crippen LogP contribution in [0.3, 0.4) is 0 Å². The van der Waals surface area contributed by atoms with Crippen molar-refractivity contribution in [3.8, 4) is 0 Å². The molecule has 0 aliphatic carbocycles. The highest BCUT2D eigenvalue weighted by Crippen LogP contribution is 2.36. The van der Waals surface area contributed by atoms with E-state index in [1.54, 1.807) is 12.1 Å². The summed E-state index contributed by atoms with van der Waals surface area (Å²) in [6.45, 7) is 1.82. The third kappa shape index (κ3) is 3.52. The fourth-order valence-electron chi connectivity index (χ4n) is 2.09. The summed E-state index contributed by atoms with van der Waals surface area (Å²) < 4.78 is 50.2. The lowest BCUT2D eigenvalue weighted by molar-refractivity contribution is 0.589. The molecule has 0 unspecified atom stereocenters. The van der Waals surface area contributed by atoms with Crippen LogP contribution in [0.4, 0.5) is 0 Å². The maximum absolute atomic E-state index is 12.7. The van der Waals surface area contributed by atoms with E-state index in [0.29, 0.717) is 16.4 Å². The molecule has 0 saturated heterocycles. The summed E-state index contributed by atoms with van der Waals surface area (Å²) >= 11 is 12.4. The molecule has 3 aromatic rings. The molecule has 0 spiro atoms. The van der Waals surface area contributed by atoms with Crippen molar-refractivity contribution in [2.45, 2.75) is 26.1 Å². The van der Waals surface area contributed by atoms with E-state index in [0.717, 1.165) is 5.56 Å². The summed E-state index contributed by atoms with van der Waals surface area (Å²) in [6.07, 6.45) is 0. The molecule has 26 heavy (non-hydrogen) atoms. The van der Waals surface area contributed by atoms with Crippen LogP contribution in [0.2, 0.25) is 9.36 Å². The Morgan fingerprint density at radius 2 is 1.31 bits per heavy atom. The Bertz CT molecular complexity index is 1170. The summed E-state index contributed by atoms with van der Waals surface area (Å²) in [5.74, 6) is 0. The lowest BCUT2D eigenvalue weighted by Gasteiger charge is -2.03. The van der Waals surface area contributed by atoms with Crippen molar-refractivity contribution < 1.29 is 16.8 Å². The zero-order valence-corrected chi connectivity index (χ0v) is 17.1. The summed E-state index contributed by atoms with van der Waals surface area (Å²) in [5, 5.41) is -0.0932. The molecule has 10 heteroatoms. The van der Waals surface area contributed by atoms with E-state index in [9.17, 15) is 16.8 Å². The number of hydrogen-bond donors (Lipinski definition) is 0. The molecular formula is C16H11Cl2NO4S3. The Hall–Kier alpha value is -1.45. The van der Waals surface area contributed by atoms with Crippen LogP contribution in [0.1, 0.15) is 5.56 Å². The number of halogens is 2. The molecule has 5 nitrogen and oxygen atoms in total. The Morgan fingerprint density at radius 3 is 1.88 bits per heavy atom. The molecule has 1 aromatic heterocycles. The van der Waals surface area contributed by atoms with E-state index in [2.05, 4.69) is 4.98 Å². The normalized spacial score (nSPS) is 12.3. The second-order valence-electron chi connectivity index (χ2n) is 5.33. The van der Waals surface area contributed by atoms with Gasteiger partial charge in [-0.2, -0.15) is 0 Å². The van der Waals surface area contributed by atoms with Crippen LogP contribution in [0.25, 0.3) is 0 Å². The number of hydrogen-bond acceptors (Lipinski definition) is 6. The topological polar surface area (TPSA) is 81.2 Å². The summed E-state index contributed by atoms with van der Waals surface area (Å²) in [4.78, 5) is 3.77. The highest BCUT2D eigenvalue weighted by molar-refractivity contribution is 7.94. The van der Waals surface area contributed by atoms with Crippen molar-refractivity contribution in [1.29, 1.82) is 0 Å². The number of aryl methyl sites for hydroxylation is 1. The van der Waals surface area contributed by atoms with Gasteiger partial charge in [0.15, 0.2) is 5.03 Å². The Morgan fingerprint density at radius 1 is 0.808 bits per heavy atom. The fourth-order valence-corrected chi connectivity index (χ4v) is 6.94. The number of aromatic nitrogens is 1. The number of nitrogens with zero attached hydrogens (tertiary/aromatic N) is 1. The van der Waals surface area contributed by atoms with Crippen molar-refractivity contribution in [2.24, 2.45) is 0 Å². The van der Waals surface area contributed by atoms with Gasteiger partial charge >= 0.3 is 0 Å². The second kappa shape index (κ2) is 6.94. The molecule has 1 heterocycles. The lowest BCUT2D eigenvalue weighted by atomic mass is 10.2. The summed E-state index contributed by atoms with van der Waals surface area (Å²) in [7, 11) is -8.04. The zero-order valence-electron chi connectivity index (χ0n) is 13.2. The Kier molecular flexibility index (Phi) is 5.15. The van der Waals surface area contributed by atoms with Gasteiger partial charge in [0.25, 0.3) is 0 Å². The van der Waals surface area contributed by atoms with Gasteiger partial charge in [-0.15, -0.1) is 0 Å². The molecular weight excluding hydrogens is 437 g/mol. The predicted octanol–water partition coefficient (Wildman–Crippen LogP) is 4.42. The Labute approximate surface area is 165 Å². The smallest absolute Gasteiger partial charge is 0.217 e. The van der Waals surface area contributed by atoms with Gasteiger partial charge in [0.2, 0.25) is 24.0 Å². The van der Waals surface area contributed by atoms with Crippen LogP contribution in [-0.2, 0) is 19.7 Å². The van der Waals surface area contributed by atoms with Crippen LogP contribution in [0.15, 0.2) is 67.7 Å². The molecule has 2 aromatic carbocycles. The quantitative estimate of drug-likeness (QED) is 0.590. The molecule has 0 fully saturated rings. The van der Waals surface area contributed by atoms with Gasteiger partial charge in [0.1, 0.15) is 4.34 Å². The number of benzene rings is 2. The molecule has 0 atom stereocenters. The van der Waals surface area contributed by atoms with Crippen LogP contribution in [0.5, 0.6) is 0 Å². The van der Waals surface area contributed by atoms with Gasteiger partial charge in [-0.1, -0.05) is 52.2 Å². The third-order valence-corrected chi connectivity index (χ3v) is 9.07. The maximum atomic E-state index is 12.7. The minimum Gasteiger partial charge on any atom is -0.217 e. The number of rotatable bonds is 4. The first-order chi connectivity index (χ1) is 12.1. The highest BCUT2D eigenvalue weighted by Gasteiger charge is 2.30. The van der Waals surface area contributed by atoms with Crippen molar-refractivity contribution in [2.75, 3.05) is 0 Å². The van der Waals surface area contributed by atoms with Crippen LogP contribution in [-0.4, -0.2) is 21.8 Å². The minimum atomic E-state index is -4.03. The zero-order chi connectivity index (χ0) is 19.1. The monoisotopic (exact) mass is 447 g/mol. The van der Waals surface area contributed by atoms with E-state index >= 15 is 0 Å². The van der Waals surface area contributed by atoms with Gasteiger partial charge in [-0.05, 0) is 43.3 Å². The summed E-state index contributed by atoms with van der Waals surface area (Å²) in [6, 6.07) is 11.6. The van der Waals surface area contributed by atoms with Crippen LogP contribution in [0, 0.1) is 6.92 Å². The largest absolute Gasteiger partial charge is 0.233 e. The fraction of sp³-hybridized carbons (Fsp3) is 0.0625. The standard InChI is InChI=1S/C16H11Cl2NO4S3/c1-10-2-6-12(7-3-10)25(20,21)15-14(18)24-16(19-15)26(22,23)13-8-4-11(17)5-9-13/h2-9H,1H3. The minimum absolute atomic E-state index is 0.00857. The predicted molar refractivity (Wildman–Crippen MR) is 101 cm³/mol.